The van der Waals surface area contributed by atoms with Crippen molar-refractivity contribution in [2.45, 2.75) is 378 Å². The number of ether oxygens (including phenoxy) is 15. The lowest BCUT2D eigenvalue weighted by Crippen LogP contribution is -2.64. The van der Waals surface area contributed by atoms with E-state index in [0.29, 0.717) is 0 Å². The monoisotopic (exact) mass is 1950 g/mol. The highest BCUT2D eigenvalue weighted by Gasteiger charge is 2.60. The van der Waals surface area contributed by atoms with Gasteiger partial charge in [-0.25, -0.2) is 9.59 Å². The molecular weight excluding hydrogens is 1800 g/mol. The molecule has 10 saturated heterocycles. The second-order valence-electron chi connectivity index (χ2n) is 34.7. The SMILES string of the molecule is C.CC1OC(CO)C(O)C(O)C1C.CC1OC(CO)C(O)C(OC2OC(CO)C(O)C(O)C2O)C1C.CC1OC(CO)C(O)C(OC2OC(CO)C(O)C(O)C2O)C1C.CC1OC(COC2(C(=O)O)CC(O)C(C)C([C@H](O)[C@H](O)CO)O2)C(O)C(O)C1C.CC1OC(COC2(C(=O)O)CC(O)C(C)C([C@H](O)[C@H](O)CO)O2)C(O)C(OC2OC(CO)C(O)C(O)C2O)C1C.[3H]F.[3H]SF. The summed E-state index contributed by atoms with van der Waals surface area (Å²) < 4.78 is 111. The molecule has 0 radical (unpaired) electrons. The van der Waals surface area contributed by atoms with Crippen molar-refractivity contribution in [3.8, 4) is 0 Å². The molecule has 10 aliphatic heterocycles. The lowest BCUT2D eigenvalue weighted by Gasteiger charge is -2.48. The molecule has 10 rings (SSSR count). The van der Waals surface area contributed by atoms with E-state index in [2.05, 4.69) is 1.45 Å². The second-order valence-corrected chi connectivity index (χ2v) is 34.7. The molecule has 48 unspecified atom stereocenters. The molecule has 0 spiro atoms. The first kappa shape index (κ1) is 119. The van der Waals surface area contributed by atoms with E-state index < -0.39 is 371 Å². The van der Waals surface area contributed by atoms with Crippen LogP contribution >= 0.6 is 12.9 Å². The van der Waals surface area contributed by atoms with Crippen molar-refractivity contribution in [2.75, 3.05) is 66.1 Å². The van der Waals surface area contributed by atoms with E-state index in [1.165, 1.54) is 13.8 Å². The second kappa shape index (κ2) is 54.9. The Morgan fingerprint density at radius 1 is 0.351 bits per heavy atom. The highest BCUT2D eigenvalue weighted by Crippen LogP contribution is 2.42. The largest absolute Gasteiger partial charge is 0.477 e. The van der Waals surface area contributed by atoms with Gasteiger partial charge in [0.15, 0.2) is 18.9 Å². The van der Waals surface area contributed by atoms with Crippen LogP contribution in [-0.4, -0.2) is 519 Å². The normalized spacial score (nSPS) is 47.6. The number of rotatable bonds is 26. The van der Waals surface area contributed by atoms with Crippen molar-refractivity contribution < 1.29 is 253 Å². The Morgan fingerprint density at radius 3 is 0.817 bits per heavy atom. The molecule has 52 atom stereocenters. The van der Waals surface area contributed by atoms with Crippen molar-refractivity contribution >= 4 is 24.9 Å². The average molecular weight is 1960 g/mol. The first-order valence-corrected chi connectivity index (χ1v) is 42.9. The van der Waals surface area contributed by atoms with Gasteiger partial charge in [0.1, 0.15) is 160 Å². The summed E-state index contributed by atoms with van der Waals surface area (Å²) in [7, 11) is 0. The van der Waals surface area contributed by atoms with Gasteiger partial charge in [0.2, 0.25) is 0 Å². The van der Waals surface area contributed by atoms with Gasteiger partial charge in [-0.05, 0) is 34.6 Å². The van der Waals surface area contributed by atoms with Gasteiger partial charge in [-0.2, -0.15) is 3.89 Å². The standard InChI is InChI=1S/C24H42O16.C18H32O11.2C14H26O9.C8H16O4.CH4.FHS.FH/c1-8-10(3)37-14(17(31)20(8)39-22-19(33)18(32)16(30)13(6-26)38-22)7-36-24(23(34)35)4-11(27)9(2)21(40-24)15(29)12(28)5-25;1-7-9(3)28-12(15(24)13(7)22)6-27-18(17(25)26)4-10(20)8(2)16(29-18)14(23)11(21)5-19;2*1-5-6(2)21-8(4-16)10(18)13(5)23-14-12(20)11(19)9(17)7(3-15)22-14;1-4-5(2)12-6(3-9)8(11)7(4)10;;1-2;/h8-22,25-33H,4-7H2,1-3H3,(H,34,35);7-16,19-24H,4-6H2,1-3H3,(H,25,26);2*5-20H,3-4H2,1-2H3;4-11H,3H2,1-2H3;1H4;2H;1H/t8?,9?,10?,11?,12-,13?,14?,15-,16?,17?,18?,19?,20?,21?,22?,24?;7?,8?,9?,10?,11-,12?,13?,14-,15?,16?,18?;;;;;;/m11....../s1/i;;;;;;2T;/hT. The predicted molar refractivity (Wildman–Crippen MR) is 436 cm³/mol. The Labute approximate surface area is 763 Å². The van der Waals surface area contributed by atoms with Crippen LogP contribution in [0.15, 0.2) is 0 Å². The number of hydrogen-bond donors (Lipinski definition) is 33. The van der Waals surface area contributed by atoms with Crippen molar-refractivity contribution in [2.24, 2.45) is 41.4 Å². The molecule has 778 valence electrons. The highest BCUT2D eigenvalue weighted by molar-refractivity contribution is 7.74. The lowest BCUT2D eigenvalue weighted by molar-refractivity contribution is -0.345. The van der Waals surface area contributed by atoms with Gasteiger partial charge < -0.3 is 234 Å². The minimum absolute atomic E-state index is 0. The molecule has 131 heavy (non-hydrogen) atoms. The molecular formula is C79H148F2O49S. The van der Waals surface area contributed by atoms with Crippen molar-refractivity contribution in [3.63, 3.8) is 0 Å². The average Bonchev–Trinajstić information content (AvgIpc) is 0.762. The molecule has 0 aromatic carbocycles. The number of carbonyl (C=O) groups is 2. The molecule has 49 nitrogen and oxygen atoms in total. The molecule has 0 bridgehead atoms. The third-order valence-electron chi connectivity index (χ3n) is 26.2. The van der Waals surface area contributed by atoms with E-state index in [1.54, 1.807) is 55.4 Å². The Kier molecular flexibility index (Phi) is 49.8. The van der Waals surface area contributed by atoms with Gasteiger partial charge in [-0.15, -0.1) is 0 Å². The number of hydrogen-bond acceptors (Lipinski definition) is 48. The fourth-order valence-electron chi connectivity index (χ4n) is 16.3. The van der Waals surface area contributed by atoms with Crippen molar-refractivity contribution in [3.05, 3.63) is 0 Å². The van der Waals surface area contributed by atoms with Crippen LogP contribution in [0.3, 0.4) is 0 Å². The van der Waals surface area contributed by atoms with Crippen LogP contribution in [0.1, 0.15) is 103 Å². The van der Waals surface area contributed by atoms with Crippen LogP contribution in [-0.2, 0) is 80.6 Å². The first-order valence-electron chi connectivity index (χ1n) is 43.4. The summed E-state index contributed by atoms with van der Waals surface area (Å²) in [5.41, 5.74) is 0. The summed E-state index contributed by atoms with van der Waals surface area (Å²) in [6, 6.07) is 0. The predicted octanol–water partition coefficient (Wildman–Crippen LogP) is -12.7. The zero-order chi connectivity index (χ0) is 101. The van der Waals surface area contributed by atoms with E-state index in [-0.39, 0.29) is 56.0 Å². The Hall–Kier alpha value is -2.65. The number of halogens is 2. The van der Waals surface area contributed by atoms with E-state index in [0.717, 1.165) is 0 Å². The number of aliphatic hydroxyl groups excluding tert-OH is 30. The maximum atomic E-state index is 12.3. The van der Waals surface area contributed by atoms with Gasteiger partial charge in [0, 0.05) is 67.2 Å². The van der Waals surface area contributed by atoms with E-state index in [1.807, 2.05) is 13.8 Å². The summed E-state index contributed by atoms with van der Waals surface area (Å²) in [4.78, 5) is 24.3. The smallest absolute Gasteiger partial charge is 0.364 e. The Morgan fingerprint density at radius 2 is 0.565 bits per heavy atom. The van der Waals surface area contributed by atoms with Crippen molar-refractivity contribution in [1.82, 2.24) is 0 Å². The molecule has 0 aromatic heterocycles. The molecule has 52 heteroatoms. The molecule has 10 heterocycles. The van der Waals surface area contributed by atoms with Crippen LogP contribution in [0, 0.1) is 41.4 Å². The van der Waals surface area contributed by atoms with Crippen molar-refractivity contribution in [1.29, 1.82) is 2.57 Å². The molecule has 0 saturated carbocycles. The van der Waals surface area contributed by atoms with E-state index in [4.69, 9.17) is 87.1 Å². The molecule has 0 aliphatic carbocycles. The summed E-state index contributed by atoms with van der Waals surface area (Å²) in [6.45, 7) is 14.8. The molecule has 10 aliphatic rings. The quantitative estimate of drug-likeness (QED) is 0.0358. The number of carboxylic acids is 2. The molecule has 32 N–H and O–H groups in total. The maximum Gasteiger partial charge on any atom is 0.364 e. The van der Waals surface area contributed by atoms with Gasteiger partial charge in [0.05, 0.1) is 152 Å². The zero-order valence-electron chi connectivity index (χ0n) is 75.8. The van der Waals surface area contributed by atoms with Gasteiger partial charge >= 0.3 is 11.9 Å². The minimum atomic E-state index is -2.52. The fourth-order valence-corrected chi connectivity index (χ4v) is 16.3. The number of aliphatic carboxylic acids is 2. The Balaban J connectivity index is 0.000000438. The minimum Gasteiger partial charge on any atom is -0.477 e. The number of thiol groups is 1. The lowest BCUT2D eigenvalue weighted by atomic mass is 9.84. The third-order valence-corrected chi connectivity index (χ3v) is 26.2. The van der Waals surface area contributed by atoms with Crippen LogP contribution in [0.4, 0.5) is 8.60 Å². The Bertz CT molecular complexity index is 3170. The zero-order valence-corrected chi connectivity index (χ0v) is 74.6. The molecule has 10 fully saturated rings. The summed E-state index contributed by atoms with van der Waals surface area (Å²) >= 11 is -0.500. The summed E-state index contributed by atoms with van der Waals surface area (Å²) in [5, 5.41) is 315. The van der Waals surface area contributed by atoms with Gasteiger partial charge in [-0.1, -0.05) is 55.9 Å². The van der Waals surface area contributed by atoms with Gasteiger partial charge in [-0.3, -0.25) is 4.72 Å². The highest BCUT2D eigenvalue weighted by atomic mass is 32.1. The number of carboxylic acid groups (broad SMARTS) is 2. The van der Waals surface area contributed by atoms with Crippen LogP contribution < -0.4 is 0 Å². The van der Waals surface area contributed by atoms with Gasteiger partial charge in [0.25, 0.3) is 13.0 Å². The maximum absolute atomic E-state index is 12.3. The van der Waals surface area contributed by atoms with Crippen LogP contribution in [0.5, 0.6) is 0 Å². The fraction of sp³-hybridized carbons (Fsp3) is 0.975. The first-order chi connectivity index (χ1) is 61.7. The molecule has 0 amide bonds. The van der Waals surface area contributed by atoms with Crippen LogP contribution in [0.2, 0.25) is 0 Å². The molecule has 0 aromatic rings. The third kappa shape index (κ3) is 29.3. The topological polar surface area (TPSA) is 820 Å². The van der Waals surface area contributed by atoms with Crippen LogP contribution in [0.25, 0.3) is 0 Å². The summed E-state index contributed by atoms with van der Waals surface area (Å²) in [5.74, 6) is -11.3. The summed E-state index contributed by atoms with van der Waals surface area (Å²) in [6.07, 6.45) is -52.1. The van der Waals surface area contributed by atoms with E-state index in [9.17, 15) is 167 Å². The van der Waals surface area contributed by atoms with E-state index >= 15 is 0 Å². The number of aliphatic hydroxyl groups is 30.